The van der Waals surface area contributed by atoms with Gasteiger partial charge in [0.05, 0.1) is 50.5 Å². The first kappa shape index (κ1) is 36.5. The van der Waals surface area contributed by atoms with Crippen LogP contribution in [0.2, 0.25) is 5.02 Å². The number of benzene rings is 4. The van der Waals surface area contributed by atoms with E-state index in [-0.39, 0.29) is 49.4 Å². The van der Waals surface area contributed by atoms with Crippen molar-refractivity contribution in [1.82, 2.24) is 14.3 Å². The van der Waals surface area contributed by atoms with E-state index in [9.17, 15) is 34.8 Å². The average Bonchev–Trinajstić information content (AvgIpc) is 3.07. The molecular weight excluding hydrogens is 730 g/mol. The summed E-state index contributed by atoms with van der Waals surface area (Å²) in [7, 11) is -11.4. The minimum absolute atomic E-state index is 0.0212. The first-order valence-electron chi connectivity index (χ1n) is 14.6. The third-order valence-electron chi connectivity index (χ3n) is 7.30. The van der Waals surface area contributed by atoms with Crippen LogP contribution in [0.3, 0.4) is 0 Å². The van der Waals surface area contributed by atoms with Gasteiger partial charge in [0, 0.05) is 13.1 Å². The fourth-order valence-electron chi connectivity index (χ4n) is 4.99. The van der Waals surface area contributed by atoms with E-state index in [1.165, 1.54) is 67.8 Å². The highest BCUT2D eigenvalue weighted by Gasteiger charge is 2.40. The molecule has 0 saturated heterocycles. The monoisotopic (exact) mass is 759 g/mol. The van der Waals surface area contributed by atoms with Crippen molar-refractivity contribution in [2.75, 3.05) is 29.9 Å². The summed E-state index contributed by atoms with van der Waals surface area (Å²) in [5, 5.41) is 0.495. The van der Waals surface area contributed by atoms with Gasteiger partial charge in [-0.15, -0.1) is 0 Å². The molecule has 0 saturated carbocycles. The Labute approximate surface area is 293 Å². The average molecular weight is 760 g/mol. The van der Waals surface area contributed by atoms with Crippen LogP contribution in [0.25, 0.3) is 10.9 Å². The molecule has 0 fully saturated rings. The van der Waals surface area contributed by atoms with Crippen LogP contribution in [0.5, 0.6) is 5.75 Å². The van der Waals surface area contributed by atoms with E-state index in [1.54, 1.807) is 30.3 Å². The molecule has 18 heteroatoms. The molecule has 5 rings (SSSR count). The zero-order valence-electron chi connectivity index (χ0n) is 26.4. The van der Waals surface area contributed by atoms with Crippen molar-refractivity contribution in [2.45, 2.75) is 21.6 Å². The Hall–Kier alpha value is -4.81. The van der Waals surface area contributed by atoms with Gasteiger partial charge < -0.3 is 10.1 Å². The fourth-order valence-corrected chi connectivity index (χ4v) is 8.40. The number of nitrogens with zero attached hydrogens (tertiary/aromatic N) is 2. The molecule has 14 nitrogen and oxygen atoms in total. The number of rotatable bonds is 13. The minimum Gasteiger partial charge on any atom is -0.495 e. The summed E-state index contributed by atoms with van der Waals surface area (Å²) in [6.07, 6.45) is 0.914. The number of aromatic nitrogens is 2. The van der Waals surface area contributed by atoms with E-state index >= 15 is 0 Å². The van der Waals surface area contributed by atoms with Gasteiger partial charge in [-0.3, -0.25) is 18.9 Å². The van der Waals surface area contributed by atoms with Crippen molar-refractivity contribution in [3.63, 3.8) is 0 Å². The summed E-state index contributed by atoms with van der Waals surface area (Å²) < 4.78 is 89.9. The quantitative estimate of drug-likeness (QED) is 0.160. The lowest BCUT2D eigenvalue weighted by Crippen LogP contribution is -2.38. The second-order valence-electron chi connectivity index (χ2n) is 10.8. The molecule has 50 heavy (non-hydrogen) atoms. The first-order valence-corrected chi connectivity index (χ1v) is 19.9. The highest BCUT2D eigenvalue weighted by Crippen LogP contribution is 2.34. The molecule has 262 valence electrons. The number of anilines is 2. The maximum atomic E-state index is 14.3. The molecule has 0 aliphatic heterocycles. The van der Waals surface area contributed by atoms with E-state index in [1.807, 2.05) is 0 Å². The van der Waals surface area contributed by atoms with Crippen LogP contribution in [0, 0.1) is 0 Å². The number of methoxy groups -OCH3 is 1. The maximum Gasteiger partial charge on any atom is 0.262 e. The van der Waals surface area contributed by atoms with E-state index in [0.717, 1.165) is 16.9 Å². The van der Waals surface area contributed by atoms with Gasteiger partial charge in [0.15, 0.2) is 9.84 Å². The van der Waals surface area contributed by atoms with Gasteiger partial charge in [0.2, 0.25) is 15.3 Å². The molecule has 0 spiro atoms. The Morgan fingerprint density at radius 2 is 1.52 bits per heavy atom. The van der Waals surface area contributed by atoms with Crippen LogP contribution >= 0.6 is 11.6 Å². The van der Waals surface area contributed by atoms with Gasteiger partial charge in [-0.1, -0.05) is 54.1 Å². The number of carbonyl (C=O) groups excluding carboxylic acids is 1. The van der Waals surface area contributed by atoms with E-state index in [4.69, 9.17) is 16.3 Å². The largest absolute Gasteiger partial charge is 0.495 e. The van der Waals surface area contributed by atoms with Crippen molar-refractivity contribution in [3.8, 4) is 5.75 Å². The molecule has 1 amide bonds. The molecule has 0 aliphatic rings. The number of amides is 1. The van der Waals surface area contributed by atoms with Crippen molar-refractivity contribution >= 4 is 69.7 Å². The molecule has 0 bridgehead atoms. The van der Waals surface area contributed by atoms with Crippen LogP contribution in [-0.4, -0.2) is 60.6 Å². The molecular formula is C32H30ClN5O9S3. The number of ether oxygens (including phenoxy) is 1. The number of sulfonamides is 2. The zero-order valence-corrected chi connectivity index (χ0v) is 29.6. The number of halogens is 1. The molecule has 1 atom stereocenters. The summed E-state index contributed by atoms with van der Waals surface area (Å²) in [5.41, 5.74) is -0.771. The van der Waals surface area contributed by atoms with Crippen LogP contribution in [0.1, 0.15) is 11.1 Å². The Morgan fingerprint density at radius 1 is 0.860 bits per heavy atom. The second kappa shape index (κ2) is 14.6. The number of sulfone groups is 1. The van der Waals surface area contributed by atoms with Crippen LogP contribution in [0.15, 0.2) is 112 Å². The number of carbonyl (C=O) groups is 1. The highest BCUT2D eigenvalue weighted by atomic mass is 35.5. The van der Waals surface area contributed by atoms with Crippen LogP contribution < -0.4 is 25.1 Å². The standard InChI is InChI=1S/C32H30ClN5O9S3/c1-47-28-17-16-22(50(45,46)37-26-15-9-7-13-24(26)33)20-27(28)36-31(39)29(49(43,44)21-10-4-3-5-11-21)30-35-25-14-8-6-12-23(25)32(40)38(30)19-18-34-48(2,41)42/h3-17,20,29,34,37H,18-19H2,1-2H3,(H,36,39). The minimum atomic E-state index is -4.70. The first-order chi connectivity index (χ1) is 23.6. The molecule has 0 aliphatic carbocycles. The lowest BCUT2D eigenvalue weighted by atomic mass is 10.2. The molecule has 1 unspecified atom stereocenters. The van der Waals surface area contributed by atoms with E-state index in [0.29, 0.717) is 0 Å². The SMILES string of the molecule is COc1ccc(S(=O)(=O)Nc2ccccc2Cl)cc1NC(=O)C(c1nc2ccccc2c(=O)n1CCNS(C)(=O)=O)S(=O)(=O)c1ccccc1. The van der Waals surface area contributed by atoms with Gasteiger partial charge in [-0.2, -0.15) is 0 Å². The maximum absolute atomic E-state index is 14.3. The fraction of sp³-hybridized carbons (Fsp3) is 0.156. The Morgan fingerprint density at radius 3 is 2.20 bits per heavy atom. The van der Waals surface area contributed by atoms with E-state index < -0.39 is 59.0 Å². The predicted octanol–water partition coefficient (Wildman–Crippen LogP) is 3.56. The number of para-hydroxylation sites is 2. The normalized spacial score (nSPS) is 12.7. The third kappa shape index (κ3) is 7.97. The van der Waals surface area contributed by atoms with Gasteiger partial charge in [0.1, 0.15) is 11.6 Å². The topological polar surface area (TPSA) is 200 Å². The number of hydrogen-bond acceptors (Lipinski definition) is 10. The van der Waals surface area contributed by atoms with Gasteiger partial charge in [-0.05, 0) is 54.6 Å². The zero-order chi connectivity index (χ0) is 36.3. The van der Waals surface area contributed by atoms with Crippen molar-refractivity contribution in [1.29, 1.82) is 0 Å². The molecule has 1 aromatic heterocycles. The summed E-state index contributed by atoms with van der Waals surface area (Å²) in [6.45, 7) is -0.727. The smallest absolute Gasteiger partial charge is 0.262 e. The summed E-state index contributed by atoms with van der Waals surface area (Å²) in [4.78, 5) is 32.0. The summed E-state index contributed by atoms with van der Waals surface area (Å²) in [6, 6.07) is 22.7. The molecule has 5 aromatic rings. The second-order valence-corrected chi connectivity index (χ2v) is 16.7. The summed E-state index contributed by atoms with van der Waals surface area (Å²) in [5.74, 6) is -1.74. The Bertz CT molecular complexity index is 2480. The van der Waals surface area contributed by atoms with E-state index in [2.05, 4.69) is 19.7 Å². The van der Waals surface area contributed by atoms with Gasteiger partial charge in [0.25, 0.3) is 21.5 Å². The highest BCUT2D eigenvalue weighted by molar-refractivity contribution is 7.93. The number of nitrogens with one attached hydrogen (secondary N) is 3. The van der Waals surface area contributed by atoms with Gasteiger partial charge in [-0.25, -0.2) is 35.0 Å². The van der Waals surface area contributed by atoms with Crippen LogP contribution in [0.4, 0.5) is 11.4 Å². The van der Waals surface area contributed by atoms with Crippen molar-refractivity contribution in [3.05, 3.63) is 118 Å². The number of fused-ring (bicyclic) bond motifs is 1. The predicted molar refractivity (Wildman–Crippen MR) is 189 cm³/mol. The third-order valence-corrected chi connectivity index (χ3v) is 11.7. The lowest BCUT2D eigenvalue weighted by molar-refractivity contribution is -0.116. The molecule has 4 aromatic carbocycles. The Kier molecular flexibility index (Phi) is 10.6. The summed E-state index contributed by atoms with van der Waals surface area (Å²) >= 11 is 6.14. The van der Waals surface area contributed by atoms with Crippen molar-refractivity contribution in [2.24, 2.45) is 0 Å². The molecule has 1 heterocycles. The van der Waals surface area contributed by atoms with Crippen molar-refractivity contribution < 1.29 is 34.8 Å². The lowest BCUT2D eigenvalue weighted by Gasteiger charge is -2.22. The molecule has 0 radical (unpaired) electrons. The van der Waals surface area contributed by atoms with Crippen LogP contribution in [-0.2, 0) is 41.2 Å². The molecule has 3 N–H and O–H groups in total. The Balaban J connectivity index is 1.66. The number of hydrogen-bond donors (Lipinski definition) is 3. The van der Waals surface area contributed by atoms with Gasteiger partial charge >= 0.3 is 0 Å².